The van der Waals surface area contributed by atoms with Gasteiger partial charge in [-0.2, -0.15) is 0 Å². The van der Waals surface area contributed by atoms with Crippen LogP contribution in [0.4, 0.5) is 10.2 Å². The van der Waals surface area contributed by atoms with Crippen LogP contribution in [-0.4, -0.2) is 25.0 Å². The predicted molar refractivity (Wildman–Crippen MR) is 109 cm³/mol. The number of hydrogen-bond acceptors (Lipinski definition) is 6. The average Bonchev–Trinajstić information content (AvgIpc) is 2.72. The Balaban J connectivity index is 1.83. The molecule has 0 fully saturated rings. The van der Waals surface area contributed by atoms with Gasteiger partial charge < -0.3 is 9.58 Å². The molecule has 4 rings (SSSR count). The Morgan fingerprint density at radius 1 is 1.13 bits per heavy atom. The van der Waals surface area contributed by atoms with Gasteiger partial charge >= 0.3 is 11.5 Å². The Labute approximate surface area is 180 Å². The summed E-state index contributed by atoms with van der Waals surface area (Å²) in [6.45, 7) is 6.95. The SMILES string of the molecule is [C-]#[N+]c1nn(-c2cc(Cl)c(Oc3n[nH]c(=O)c4c(F)cccc34)c(Cl)c2)c(=O)[nH]c1=O. The number of aromatic nitrogens is 5. The summed E-state index contributed by atoms with van der Waals surface area (Å²) in [4.78, 5) is 40.4. The van der Waals surface area contributed by atoms with Gasteiger partial charge in [0.2, 0.25) is 5.88 Å². The quantitative estimate of drug-likeness (QED) is 0.452. The highest BCUT2D eigenvalue weighted by atomic mass is 35.5. The average molecular weight is 461 g/mol. The molecule has 4 aromatic rings. The summed E-state index contributed by atoms with van der Waals surface area (Å²) in [5.41, 5.74) is -2.55. The minimum absolute atomic E-state index is 0.0406. The second-order valence-corrected chi connectivity index (χ2v) is 6.78. The topological polar surface area (TPSA) is 127 Å². The lowest BCUT2D eigenvalue weighted by atomic mass is 10.2. The van der Waals surface area contributed by atoms with E-state index in [1.165, 1.54) is 24.3 Å². The van der Waals surface area contributed by atoms with Gasteiger partial charge in [0.05, 0.1) is 26.5 Å². The molecule has 0 saturated heterocycles. The lowest BCUT2D eigenvalue weighted by molar-refractivity contribution is 0.461. The van der Waals surface area contributed by atoms with E-state index in [1.54, 1.807) is 0 Å². The minimum Gasteiger partial charge on any atom is -0.434 e. The maximum absolute atomic E-state index is 14.1. The van der Waals surface area contributed by atoms with Crippen molar-refractivity contribution in [1.82, 2.24) is 25.0 Å². The van der Waals surface area contributed by atoms with Gasteiger partial charge in [0.1, 0.15) is 5.82 Å². The molecule has 154 valence electrons. The third kappa shape index (κ3) is 3.54. The highest BCUT2D eigenvalue weighted by molar-refractivity contribution is 6.37. The lowest BCUT2D eigenvalue weighted by Gasteiger charge is -2.12. The minimum atomic E-state index is -0.934. The summed E-state index contributed by atoms with van der Waals surface area (Å²) in [7, 11) is 0. The first-order chi connectivity index (χ1) is 14.8. The molecule has 2 N–H and O–H groups in total. The molecule has 0 amide bonds. The molecule has 31 heavy (non-hydrogen) atoms. The van der Waals surface area contributed by atoms with Crippen molar-refractivity contribution >= 4 is 39.8 Å². The highest BCUT2D eigenvalue weighted by Gasteiger charge is 2.19. The molecule has 2 aromatic heterocycles. The van der Waals surface area contributed by atoms with E-state index >= 15 is 0 Å². The van der Waals surface area contributed by atoms with Crippen LogP contribution >= 0.6 is 23.2 Å². The number of halogens is 3. The molecule has 0 spiro atoms. The zero-order valence-corrected chi connectivity index (χ0v) is 16.5. The fraction of sp³-hybridized carbons (Fsp3) is 0. The highest BCUT2D eigenvalue weighted by Crippen LogP contribution is 2.39. The normalized spacial score (nSPS) is 10.8. The largest absolute Gasteiger partial charge is 0.434 e. The monoisotopic (exact) mass is 460 g/mol. The van der Waals surface area contributed by atoms with Crippen molar-refractivity contribution in [2.75, 3.05) is 0 Å². The molecular formula is C18H7Cl2FN6O4. The fourth-order valence-corrected chi connectivity index (χ4v) is 3.28. The number of nitrogens with zero attached hydrogens (tertiary/aromatic N) is 4. The van der Waals surface area contributed by atoms with Crippen LogP contribution < -0.4 is 21.5 Å². The van der Waals surface area contributed by atoms with E-state index in [1.807, 2.05) is 4.98 Å². The molecule has 0 bridgehead atoms. The van der Waals surface area contributed by atoms with E-state index in [2.05, 4.69) is 20.1 Å². The number of benzene rings is 2. The molecule has 0 radical (unpaired) electrons. The van der Waals surface area contributed by atoms with Gasteiger partial charge in [0, 0.05) is 0 Å². The summed E-state index contributed by atoms with van der Waals surface area (Å²) < 4.78 is 20.4. The number of nitrogens with one attached hydrogen (secondary N) is 2. The van der Waals surface area contributed by atoms with Gasteiger partial charge in [-0.25, -0.2) is 14.3 Å². The van der Waals surface area contributed by atoms with Crippen LogP contribution in [0.3, 0.4) is 0 Å². The van der Waals surface area contributed by atoms with Gasteiger partial charge in [-0.3, -0.25) is 14.6 Å². The molecule has 0 aliphatic carbocycles. The molecule has 0 aliphatic heterocycles. The van der Waals surface area contributed by atoms with Crippen molar-refractivity contribution in [3.63, 3.8) is 0 Å². The summed E-state index contributed by atoms with van der Waals surface area (Å²) in [5, 5.41) is 9.21. The second-order valence-electron chi connectivity index (χ2n) is 5.97. The van der Waals surface area contributed by atoms with Crippen LogP contribution in [0, 0.1) is 12.4 Å². The molecule has 0 aliphatic rings. The zero-order valence-electron chi connectivity index (χ0n) is 14.9. The Kier molecular flexibility index (Phi) is 5.02. The maximum Gasteiger partial charge on any atom is 0.365 e. The summed E-state index contributed by atoms with van der Waals surface area (Å²) in [5.74, 6) is -1.59. The van der Waals surface area contributed by atoms with Crippen LogP contribution in [0.15, 0.2) is 44.7 Å². The Bertz CT molecular complexity index is 1560. The molecule has 0 atom stereocenters. The Morgan fingerprint density at radius 2 is 1.84 bits per heavy atom. The van der Waals surface area contributed by atoms with Crippen molar-refractivity contribution in [2.24, 2.45) is 0 Å². The number of ether oxygens (including phenoxy) is 1. The number of rotatable bonds is 3. The van der Waals surface area contributed by atoms with Crippen molar-refractivity contribution < 1.29 is 9.13 Å². The molecule has 10 nitrogen and oxygen atoms in total. The van der Waals surface area contributed by atoms with Crippen LogP contribution in [0.25, 0.3) is 21.3 Å². The van der Waals surface area contributed by atoms with Gasteiger partial charge in [-0.15, -0.1) is 9.78 Å². The molecule has 0 unspecified atom stereocenters. The summed E-state index contributed by atoms with van der Waals surface area (Å²) in [6, 6.07) is 6.42. The zero-order chi connectivity index (χ0) is 22.3. The summed E-state index contributed by atoms with van der Waals surface area (Å²) in [6.07, 6.45) is 0. The van der Waals surface area contributed by atoms with Crippen LogP contribution in [0.1, 0.15) is 0 Å². The summed E-state index contributed by atoms with van der Waals surface area (Å²) >= 11 is 12.5. The molecule has 2 aromatic carbocycles. The van der Waals surface area contributed by atoms with Gasteiger partial charge in [0.25, 0.3) is 11.1 Å². The number of H-pyrrole nitrogens is 2. The number of fused-ring (bicyclic) bond motifs is 1. The van der Waals surface area contributed by atoms with E-state index in [0.717, 1.165) is 10.7 Å². The number of aromatic amines is 2. The molecule has 13 heteroatoms. The van der Waals surface area contributed by atoms with Crippen LogP contribution in [-0.2, 0) is 0 Å². The van der Waals surface area contributed by atoms with E-state index in [4.69, 9.17) is 34.5 Å². The predicted octanol–water partition coefficient (Wildman–Crippen LogP) is 2.95. The number of hydrogen-bond donors (Lipinski definition) is 2. The van der Waals surface area contributed by atoms with E-state index in [0.29, 0.717) is 0 Å². The molecule has 0 saturated carbocycles. The van der Waals surface area contributed by atoms with Crippen LogP contribution in [0.5, 0.6) is 11.6 Å². The van der Waals surface area contributed by atoms with E-state index in [-0.39, 0.29) is 38.1 Å². The first-order valence-electron chi connectivity index (χ1n) is 8.25. The van der Waals surface area contributed by atoms with Gasteiger partial charge in [-0.1, -0.05) is 35.8 Å². The van der Waals surface area contributed by atoms with E-state index < -0.39 is 28.4 Å². The van der Waals surface area contributed by atoms with Crippen molar-refractivity contribution in [1.29, 1.82) is 0 Å². The second kappa shape index (κ2) is 7.67. The maximum atomic E-state index is 14.1. The Morgan fingerprint density at radius 3 is 2.52 bits per heavy atom. The van der Waals surface area contributed by atoms with Crippen molar-refractivity contribution in [2.45, 2.75) is 0 Å². The van der Waals surface area contributed by atoms with Gasteiger partial charge in [-0.05, 0) is 29.4 Å². The first kappa shape index (κ1) is 20.3. The molecular weight excluding hydrogens is 454 g/mol. The smallest absolute Gasteiger partial charge is 0.365 e. The Hall–Kier alpha value is -4.01. The van der Waals surface area contributed by atoms with Gasteiger partial charge in [0.15, 0.2) is 5.75 Å². The lowest BCUT2D eigenvalue weighted by Crippen LogP contribution is -2.30. The third-order valence-corrected chi connectivity index (χ3v) is 4.63. The van der Waals surface area contributed by atoms with Crippen molar-refractivity contribution in [3.05, 3.63) is 88.8 Å². The standard InChI is InChI=1S/C18H7Cl2FN6O4/c1-22-14-16(29)23-18(30)27(26-14)7-5-9(19)13(10(20)6-7)31-17-8-3-2-4-11(21)12(8)15(28)24-25-17/h2-6H,(H,24,28)(H,23,29,30). The fourth-order valence-electron chi connectivity index (χ4n) is 2.73. The van der Waals surface area contributed by atoms with Crippen LogP contribution in [0.2, 0.25) is 10.0 Å². The van der Waals surface area contributed by atoms with E-state index in [9.17, 15) is 18.8 Å². The van der Waals surface area contributed by atoms with Crippen molar-refractivity contribution in [3.8, 4) is 17.3 Å². The molecule has 2 heterocycles. The third-order valence-electron chi connectivity index (χ3n) is 4.07. The first-order valence-corrected chi connectivity index (χ1v) is 9.01.